The highest BCUT2D eigenvalue weighted by Gasteiger charge is 2.40. The van der Waals surface area contributed by atoms with Crippen molar-refractivity contribution in [2.75, 3.05) is 0 Å². The number of alkyl halides is 3. The Kier molecular flexibility index (Phi) is 2.45. The zero-order valence-corrected chi connectivity index (χ0v) is 7.04. The number of nitrogens with zero attached hydrogens (tertiary/aromatic N) is 3. The second kappa shape index (κ2) is 3.28. The van der Waals surface area contributed by atoms with Gasteiger partial charge in [0.05, 0.1) is 0 Å². The molecule has 1 N–H and O–H groups in total. The summed E-state index contributed by atoms with van der Waals surface area (Å²) in [4.78, 5) is 10.5. The Bertz CT molecular complexity index is 358. The first-order valence-electron chi connectivity index (χ1n) is 3.62. The maximum atomic E-state index is 12.2. The van der Waals surface area contributed by atoms with E-state index >= 15 is 0 Å². The predicted octanol–water partition coefficient (Wildman–Crippen LogP) is 1.02. The Hall–Kier alpha value is -1.60. The first kappa shape index (κ1) is 10.5. The zero-order chi connectivity index (χ0) is 10.9. The lowest BCUT2D eigenvalue weighted by atomic mass is 10.3. The topological polar surface area (TPSA) is 68.0 Å². The maximum Gasteiger partial charge on any atom is 0.437 e. The Morgan fingerprint density at radius 1 is 1.57 bits per heavy atom. The number of carboxylic acid groups (broad SMARTS) is 1. The van der Waals surface area contributed by atoms with Crippen LogP contribution >= 0.6 is 0 Å². The fourth-order valence-corrected chi connectivity index (χ4v) is 0.937. The Balaban J connectivity index is 3.32. The van der Waals surface area contributed by atoms with Crippen molar-refractivity contribution < 1.29 is 23.1 Å². The van der Waals surface area contributed by atoms with Gasteiger partial charge in [-0.1, -0.05) is 5.21 Å². The molecule has 0 aliphatic carbocycles. The van der Waals surface area contributed by atoms with E-state index in [4.69, 9.17) is 5.11 Å². The third-order valence-electron chi connectivity index (χ3n) is 1.51. The summed E-state index contributed by atoms with van der Waals surface area (Å²) in [7, 11) is 0. The van der Waals surface area contributed by atoms with E-state index < -0.39 is 23.5 Å². The van der Waals surface area contributed by atoms with Crippen LogP contribution in [0.25, 0.3) is 0 Å². The minimum Gasteiger partial charge on any atom is -0.476 e. The fraction of sp³-hybridized carbons (Fsp3) is 0.500. The summed E-state index contributed by atoms with van der Waals surface area (Å²) in [6, 6.07) is 0. The molecule has 1 aromatic rings. The Labute approximate surface area is 76.1 Å². The van der Waals surface area contributed by atoms with Gasteiger partial charge in [-0.05, 0) is 6.92 Å². The van der Waals surface area contributed by atoms with E-state index in [1.54, 1.807) is 0 Å². The first-order chi connectivity index (χ1) is 6.38. The number of carboxylic acids is 1. The van der Waals surface area contributed by atoms with Gasteiger partial charge in [-0.25, -0.2) is 9.48 Å². The van der Waals surface area contributed by atoms with Crippen LogP contribution in [-0.4, -0.2) is 26.1 Å². The first-order valence-corrected chi connectivity index (χ1v) is 3.62. The average molecular weight is 209 g/mol. The maximum absolute atomic E-state index is 12.2. The number of aryl methyl sites for hydroxylation is 1. The van der Waals surface area contributed by atoms with Crippen molar-refractivity contribution in [3.63, 3.8) is 0 Å². The van der Waals surface area contributed by atoms with Gasteiger partial charge in [0.2, 0.25) is 5.69 Å². The standard InChI is InChI=1S/C6H6F3N3O2/c1-2-12-3(5(13)14)4(10-11-12)6(7,8)9/h2H2,1H3,(H,13,14). The molecular formula is C6H6F3N3O2. The largest absolute Gasteiger partial charge is 0.476 e. The molecule has 0 bridgehead atoms. The summed E-state index contributed by atoms with van der Waals surface area (Å²) in [6.45, 7) is 1.49. The van der Waals surface area contributed by atoms with Gasteiger partial charge >= 0.3 is 12.1 Å². The van der Waals surface area contributed by atoms with Crippen molar-refractivity contribution in [1.82, 2.24) is 15.0 Å². The van der Waals surface area contributed by atoms with Crippen LogP contribution in [0.5, 0.6) is 0 Å². The van der Waals surface area contributed by atoms with Gasteiger partial charge in [-0.15, -0.1) is 5.10 Å². The summed E-state index contributed by atoms with van der Waals surface area (Å²) in [5.41, 5.74) is -2.40. The molecule has 0 fully saturated rings. The lowest BCUT2D eigenvalue weighted by Crippen LogP contribution is -2.16. The number of aromatic carboxylic acids is 1. The number of hydrogen-bond acceptors (Lipinski definition) is 3. The van der Waals surface area contributed by atoms with Crippen LogP contribution in [0.15, 0.2) is 0 Å². The molecule has 1 heterocycles. The molecule has 14 heavy (non-hydrogen) atoms. The molecule has 0 aliphatic heterocycles. The van der Waals surface area contributed by atoms with E-state index in [0.717, 1.165) is 0 Å². The van der Waals surface area contributed by atoms with E-state index in [2.05, 4.69) is 10.3 Å². The molecule has 5 nitrogen and oxygen atoms in total. The quantitative estimate of drug-likeness (QED) is 0.789. The third-order valence-corrected chi connectivity index (χ3v) is 1.51. The molecule has 8 heteroatoms. The summed E-state index contributed by atoms with van der Waals surface area (Å²) in [5.74, 6) is -1.69. The molecule has 78 valence electrons. The number of halogens is 3. The normalized spacial score (nSPS) is 11.7. The van der Waals surface area contributed by atoms with Gasteiger partial charge in [-0.2, -0.15) is 13.2 Å². The predicted molar refractivity (Wildman–Crippen MR) is 37.7 cm³/mol. The van der Waals surface area contributed by atoms with Gasteiger partial charge in [0.25, 0.3) is 0 Å². The van der Waals surface area contributed by atoms with E-state index in [-0.39, 0.29) is 6.54 Å². The van der Waals surface area contributed by atoms with Crippen molar-refractivity contribution in [2.45, 2.75) is 19.6 Å². The van der Waals surface area contributed by atoms with Gasteiger partial charge < -0.3 is 5.11 Å². The molecule has 0 radical (unpaired) electrons. The number of aromatic nitrogens is 3. The van der Waals surface area contributed by atoms with Crippen molar-refractivity contribution in [1.29, 1.82) is 0 Å². The Morgan fingerprint density at radius 3 is 2.50 bits per heavy atom. The van der Waals surface area contributed by atoms with Crippen LogP contribution in [-0.2, 0) is 12.7 Å². The van der Waals surface area contributed by atoms with Gasteiger partial charge in [0, 0.05) is 6.54 Å². The minimum absolute atomic E-state index is 0.0186. The van der Waals surface area contributed by atoms with Gasteiger partial charge in [0.15, 0.2) is 5.69 Å². The molecule has 0 spiro atoms. The van der Waals surface area contributed by atoms with Crippen molar-refractivity contribution in [3.8, 4) is 0 Å². The molecule has 0 saturated carbocycles. The molecule has 0 unspecified atom stereocenters. The summed E-state index contributed by atoms with van der Waals surface area (Å²) in [5, 5.41) is 14.4. The lowest BCUT2D eigenvalue weighted by Gasteiger charge is -2.03. The summed E-state index contributed by atoms with van der Waals surface area (Å²) in [6.07, 6.45) is -4.79. The Morgan fingerprint density at radius 2 is 2.14 bits per heavy atom. The van der Waals surface area contributed by atoms with E-state index in [9.17, 15) is 18.0 Å². The monoisotopic (exact) mass is 209 g/mol. The van der Waals surface area contributed by atoms with E-state index in [0.29, 0.717) is 4.68 Å². The smallest absolute Gasteiger partial charge is 0.437 e. The number of rotatable bonds is 2. The fourth-order valence-electron chi connectivity index (χ4n) is 0.937. The third kappa shape index (κ3) is 1.68. The van der Waals surface area contributed by atoms with Crippen LogP contribution in [0.3, 0.4) is 0 Å². The van der Waals surface area contributed by atoms with Crippen molar-refractivity contribution >= 4 is 5.97 Å². The second-order valence-corrected chi connectivity index (χ2v) is 2.41. The highest BCUT2D eigenvalue weighted by atomic mass is 19.4. The SMILES string of the molecule is CCn1nnc(C(F)(F)F)c1C(=O)O. The lowest BCUT2D eigenvalue weighted by molar-refractivity contribution is -0.141. The molecule has 0 aliphatic rings. The van der Waals surface area contributed by atoms with Crippen LogP contribution in [0, 0.1) is 0 Å². The van der Waals surface area contributed by atoms with Crippen molar-refractivity contribution in [3.05, 3.63) is 11.4 Å². The molecule has 0 aromatic carbocycles. The summed E-state index contributed by atoms with van der Waals surface area (Å²) < 4.78 is 37.2. The number of carbonyl (C=O) groups is 1. The minimum atomic E-state index is -4.79. The average Bonchev–Trinajstić information content (AvgIpc) is 2.45. The molecule has 0 amide bonds. The highest BCUT2D eigenvalue weighted by Crippen LogP contribution is 2.29. The van der Waals surface area contributed by atoms with Gasteiger partial charge in [-0.3, -0.25) is 0 Å². The summed E-state index contributed by atoms with van der Waals surface area (Å²) >= 11 is 0. The van der Waals surface area contributed by atoms with Crippen LogP contribution in [0.1, 0.15) is 23.1 Å². The molecule has 1 rings (SSSR count). The molecule has 0 saturated heterocycles. The van der Waals surface area contributed by atoms with Crippen LogP contribution < -0.4 is 0 Å². The molecule has 0 atom stereocenters. The van der Waals surface area contributed by atoms with Crippen molar-refractivity contribution in [2.24, 2.45) is 0 Å². The second-order valence-electron chi connectivity index (χ2n) is 2.41. The zero-order valence-electron chi connectivity index (χ0n) is 7.04. The van der Waals surface area contributed by atoms with Gasteiger partial charge in [0.1, 0.15) is 0 Å². The number of hydrogen-bond donors (Lipinski definition) is 1. The molecular weight excluding hydrogens is 203 g/mol. The van der Waals surface area contributed by atoms with E-state index in [1.807, 2.05) is 0 Å². The highest BCUT2D eigenvalue weighted by molar-refractivity contribution is 5.86. The van der Waals surface area contributed by atoms with Crippen LogP contribution in [0.4, 0.5) is 13.2 Å². The van der Waals surface area contributed by atoms with Crippen LogP contribution in [0.2, 0.25) is 0 Å². The molecule has 1 aromatic heterocycles. The van der Waals surface area contributed by atoms with E-state index in [1.165, 1.54) is 6.92 Å².